The number of pyridine rings is 1. The number of hydrogen-bond acceptors (Lipinski definition) is 5. The molecule has 1 aromatic heterocycles. The van der Waals surface area contributed by atoms with Gasteiger partial charge >= 0.3 is 6.18 Å². The molecule has 1 fully saturated rings. The molecule has 3 heterocycles. The molecule has 2 atom stereocenters. The molecular formula is C28H27F3N4O3. The lowest BCUT2D eigenvalue weighted by Crippen LogP contribution is -2.56. The van der Waals surface area contributed by atoms with Crippen LogP contribution >= 0.6 is 0 Å². The Morgan fingerprint density at radius 3 is 2.68 bits per heavy atom. The molecule has 0 unspecified atom stereocenters. The van der Waals surface area contributed by atoms with Crippen LogP contribution in [0.25, 0.3) is 11.1 Å². The lowest BCUT2D eigenvalue weighted by Gasteiger charge is -2.45. The average Bonchev–Trinajstić information content (AvgIpc) is 2.92. The molecule has 10 heteroatoms. The molecule has 1 saturated heterocycles. The molecule has 198 valence electrons. The molecule has 0 spiro atoms. The van der Waals surface area contributed by atoms with Crippen LogP contribution in [0.15, 0.2) is 54.7 Å². The predicted molar refractivity (Wildman–Crippen MR) is 137 cm³/mol. The number of amides is 2. The maximum atomic E-state index is 13.0. The van der Waals surface area contributed by atoms with Gasteiger partial charge < -0.3 is 20.3 Å². The smallest absolute Gasteiger partial charge is 0.377 e. The van der Waals surface area contributed by atoms with Crippen molar-refractivity contribution in [1.82, 2.24) is 10.3 Å². The molecule has 0 aliphatic carbocycles. The minimum atomic E-state index is -4.64. The van der Waals surface area contributed by atoms with Crippen LogP contribution in [0.3, 0.4) is 0 Å². The SMILES string of the molecule is CNC(=O)[C@@H]1Cc2ccc(-c3cc(NC(=O)c4ccnc(C(F)(F)F)c4)ccc3C)cc2N2CCOC[C@H]12. The zero-order valence-corrected chi connectivity index (χ0v) is 20.9. The van der Waals surface area contributed by atoms with Gasteiger partial charge in [-0.2, -0.15) is 13.2 Å². The van der Waals surface area contributed by atoms with Crippen molar-refractivity contribution in [3.05, 3.63) is 77.1 Å². The number of halogens is 3. The van der Waals surface area contributed by atoms with E-state index in [-0.39, 0.29) is 23.4 Å². The minimum absolute atomic E-state index is 0.00364. The maximum absolute atomic E-state index is 13.0. The van der Waals surface area contributed by atoms with Gasteiger partial charge in [-0.15, -0.1) is 0 Å². The number of alkyl halides is 3. The number of fused-ring (bicyclic) bond motifs is 3. The number of aromatic nitrogens is 1. The molecule has 7 nitrogen and oxygen atoms in total. The highest BCUT2D eigenvalue weighted by molar-refractivity contribution is 6.04. The summed E-state index contributed by atoms with van der Waals surface area (Å²) in [5.74, 6) is -0.865. The fourth-order valence-corrected chi connectivity index (χ4v) is 5.19. The van der Waals surface area contributed by atoms with Gasteiger partial charge in [0.2, 0.25) is 5.91 Å². The highest BCUT2D eigenvalue weighted by Gasteiger charge is 2.40. The Balaban J connectivity index is 1.44. The van der Waals surface area contributed by atoms with Gasteiger partial charge in [0.1, 0.15) is 5.69 Å². The third kappa shape index (κ3) is 4.96. The van der Waals surface area contributed by atoms with Gasteiger partial charge in [0.15, 0.2) is 0 Å². The van der Waals surface area contributed by atoms with Crippen LogP contribution in [0, 0.1) is 12.8 Å². The van der Waals surface area contributed by atoms with Crippen LogP contribution in [0.5, 0.6) is 0 Å². The standard InChI is InChI=1S/C28H27F3N4O3/c1-16-3-6-20(34-26(36)19-7-8-33-25(13-19)28(29,30)31)14-21(16)17-4-5-18-11-22(27(37)32-2)24-15-38-10-9-35(24)23(18)12-17/h3-8,12-14,22,24H,9-11,15H2,1-2H3,(H,32,37)(H,34,36)/t22-,24-/m1/s1. The van der Waals surface area contributed by atoms with E-state index in [1.165, 1.54) is 6.07 Å². The van der Waals surface area contributed by atoms with Crippen LogP contribution < -0.4 is 15.5 Å². The number of carbonyl (C=O) groups excluding carboxylic acids is 2. The molecule has 2 aliphatic rings. The van der Waals surface area contributed by atoms with Gasteiger partial charge in [-0.25, -0.2) is 0 Å². The minimum Gasteiger partial charge on any atom is -0.377 e. The van der Waals surface area contributed by atoms with Crippen molar-refractivity contribution < 1.29 is 27.5 Å². The third-order valence-electron chi connectivity index (χ3n) is 7.17. The van der Waals surface area contributed by atoms with Crippen molar-refractivity contribution in [2.45, 2.75) is 25.6 Å². The van der Waals surface area contributed by atoms with E-state index in [4.69, 9.17) is 4.74 Å². The van der Waals surface area contributed by atoms with Crippen LogP contribution in [0.2, 0.25) is 0 Å². The van der Waals surface area contributed by atoms with E-state index >= 15 is 0 Å². The van der Waals surface area contributed by atoms with Gasteiger partial charge in [0.05, 0.1) is 25.2 Å². The summed E-state index contributed by atoms with van der Waals surface area (Å²) >= 11 is 0. The Bertz CT molecular complexity index is 1390. The largest absolute Gasteiger partial charge is 0.433 e. The summed E-state index contributed by atoms with van der Waals surface area (Å²) in [6.07, 6.45) is -3.06. The van der Waals surface area contributed by atoms with Crippen molar-refractivity contribution in [1.29, 1.82) is 0 Å². The van der Waals surface area contributed by atoms with E-state index in [2.05, 4.69) is 26.6 Å². The van der Waals surface area contributed by atoms with Gasteiger partial charge in [-0.1, -0.05) is 18.2 Å². The maximum Gasteiger partial charge on any atom is 0.433 e. The predicted octanol–water partition coefficient (Wildman–Crippen LogP) is 4.45. The van der Waals surface area contributed by atoms with Crippen molar-refractivity contribution >= 4 is 23.2 Å². The van der Waals surface area contributed by atoms with E-state index in [1.54, 1.807) is 13.1 Å². The Labute approximate surface area is 218 Å². The number of ether oxygens (including phenoxy) is 1. The van der Waals surface area contributed by atoms with E-state index < -0.39 is 17.8 Å². The second-order valence-corrected chi connectivity index (χ2v) is 9.52. The van der Waals surface area contributed by atoms with Crippen LogP contribution in [-0.2, 0) is 22.1 Å². The summed E-state index contributed by atoms with van der Waals surface area (Å²) in [6.45, 7) is 3.69. The number of carbonyl (C=O) groups is 2. The topological polar surface area (TPSA) is 83.6 Å². The van der Waals surface area contributed by atoms with Crippen LogP contribution in [0.4, 0.5) is 24.5 Å². The van der Waals surface area contributed by atoms with Gasteiger partial charge in [-0.05, 0) is 65.9 Å². The summed E-state index contributed by atoms with van der Waals surface area (Å²) in [4.78, 5) is 30.9. The van der Waals surface area contributed by atoms with Crippen molar-refractivity contribution in [3.63, 3.8) is 0 Å². The first-order valence-electron chi connectivity index (χ1n) is 12.3. The number of aryl methyl sites for hydroxylation is 1. The number of benzene rings is 2. The summed E-state index contributed by atoms with van der Waals surface area (Å²) < 4.78 is 44.8. The van der Waals surface area contributed by atoms with Crippen LogP contribution in [0.1, 0.15) is 27.2 Å². The first kappa shape index (κ1) is 25.7. The number of anilines is 2. The second-order valence-electron chi connectivity index (χ2n) is 9.52. The first-order valence-corrected chi connectivity index (χ1v) is 12.3. The molecule has 0 bridgehead atoms. The fourth-order valence-electron chi connectivity index (χ4n) is 5.19. The molecule has 3 aromatic rings. The average molecular weight is 525 g/mol. The Hall–Kier alpha value is -3.92. The first-order chi connectivity index (χ1) is 18.2. The summed E-state index contributed by atoms with van der Waals surface area (Å²) in [5, 5.41) is 5.47. The Morgan fingerprint density at radius 2 is 1.92 bits per heavy atom. The highest BCUT2D eigenvalue weighted by Crippen LogP contribution is 2.39. The third-order valence-corrected chi connectivity index (χ3v) is 7.17. The van der Waals surface area contributed by atoms with E-state index in [9.17, 15) is 22.8 Å². The van der Waals surface area contributed by atoms with E-state index in [1.807, 2.05) is 31.2 Å². The molecule has 0 radical (unpaired) electrons. The van der Waals surface area contributed by atoms with E-state index in [0.29, 0.717) is 31.9 Å². The van der Waals surface area contributed by atoms with Crippen LogP contribution in [-0.4, -0.2) is 49.6 Å². The number of nitrogens with one attached hydrogen (secondary N) is 2. The zero-order valence-electron chi connectivity index (χ0n) is 20.9. The zero-order chi connectivity index (χ0) is 27.0. The lowest BCUT2D eigenvalue weighted by molar-refractivity contribution is -0.141. The Morgan fingerprint density at radius 1 is 1.11 bits per heavy atom. The number of hydrogen-bond donors (Lipinski definition) is 2. The highest BCUT2D eigenvalue weighted by atomic mass is 19.4. The summed E-state index contributed by atoms with van der Waals surface area (Å²) in [6, 6.07) is 13.4. The van der Waals surface area contributed by atoms with Crippen molar-refractivity contribution in [3.8, 4) is 11.1 Å². The molecule has 5 rings (SSSR count). The normalized spacial score (nSPS) is 18.8. The second kappa shape index (κ2) is 10.1. The van der Waals surface area contributed by atoms with Gasteiger partial charge in [0.25, 0.3) is 5.91 Å². The molecule has 0 saturated carbocycles. The number of morpholine rings is 1. The summed E-state index contributed by atoms with van der Waals surface area (Å²) in [7, 11) is 1.65. The Kier molecular flexibility index (Phi) is 6.83. The molecule has 38 heavy (non-hydrogen) atoms. The number of nitrogens with zero attached hydrogens (tertiary/aromatic N) is 2. The fraction of sp³-hybridized carbons (Fsp3) is 0.321. The molecular weight excluding hydrogens is 497 g/mol. The molecule has 2 amide bonds. The van der Waals surface area contributed by atoms with Crippen molar-refractivity contribution in [2.75, 3.05) is 37.0 Å². The van der Waals surface area contributed by atoms with Crippen molar-refractivity contribution in [2.24, 2.45) is 5.92 Å². The van der Waals surface area contributed by atoms with Gasteiger partial charge in [-0.3, -0.25) is 14.6 Å². The number of rotatable bonds is 4. The lowest BCUT2D eigenvalue weighted by atomic mass is 9.83. The van der Waals surface area contributed by atoms with Gasteiger partial charge in [0, 0.05) is 36.7 Å². The summed E-state index contributed by atoms with van der Waals surface area (Å²) in [5.41, 5.74) is 4.14. The molecule has 2 aliphatic heterocycles. The molecule has 2 N–H and O–H groups in total. The monoisotopic (exact) mass is 524 g/mol. The quantitative estimate of drug-likeness (QED) is 0.527. The molecule has 2 aromatic carbocycles. The van der Waals surface area contributed by atoms with E-state index in [0.717, 1.165) is 40.2 Å².